The highest BCUT2D eigenvalue weighted by Gasteiger charge is 2.20. The predicted octanol–water partition coefficient (Wildman–Crippen LogP) is 26.6. The van der Waals surface area contributed by atoms with E-state index >= 15 is 0 Å². The van der Waals surface area contributed by atoms with E-state index in [9.17, 15) is 0 Å². The van der Waals surface area contributed by atoms with Gasteiger partial charge < -0.3 is 24.5 Å². The third kappa shape index (κ3) is 13.4. The molecule has 0 saturated heterocycles. The normalized spacial score (nSPS) is 11.0. The summed E-state index contributed by atoms with van der Waals surface area (Å²) in [5, 5.41) is 0. The van der Waals surface area contributed by atoms with Gasteiger partial charge in [0.05, 0.1) is 0 Å². The summed E-state index contributed by atoms with van der Waals surface area (Å²) in [6.07, 6.45) is 0. The molecule has 0 N–H and O–H groups in total. The minimum atomic E-state index is 1.07. The van der Waals surface area contributed by atoms with Crippen molar-refractivity contribution in [3.05, 3.63) is 405 Å². The van der Waals surface area contributed by atoms with Gasteiger partial charge in [0.25, 0.3) is 0 Å². The second kappa shape index (κ2) is 28.1. The van der Waals surface area contributed by atoms with Crippen LogP contribution in [0.25, 0.3) is 44.5 Å². The summed E-state index contributed by atoms with van der Waals surface area (Å²) >= 11 is 0. The monoisotopic (exact) mass is 1260 g/mol. The van der Waals surface area contributed by atoms with Gasteiger partial charge >= 0.3 is 0 Å². The standard InChI is InChI=1S/C93H73N5/c1-68-30-48-83(49-31-68)96(89-60-42-76(43-61-89)78-46-64-91(65-47-78)98(82-26-14-7-15-27-82)93-29-17-19-70(3)67-93)88-58-40-75(41-59-88)73-36-54-86(55-37-73)94(79-20-8-4-9-21-79)84-50-32-71(33-51-84)72-34-52-85(53-35-72)95(80-22-10-5-11-23-80)87-56-38-74(39-57-87)77-44-62-90(63-45-77)97(81-24-12-6-13-25-81)92-28-16-18-69(2)66-92/h4-67H,1-3H3. The Kier molecular flexibility index (Phi) is 17.6. The van der Waals surface area contributed by atoms with Crippen molar-refractivity contribution in [3.63, 3.8) is 0 Å². The fraction of sp³-hybridized carbons (Fsp3) is 0.0323. The highest BCUT2D eigenvalue weighted by molar-refractivity contribution is 5.86. The Balaban J connectivity index is 0.645. The summed E-state index contributed by atoms with van der Waals surface area (Å²) in [5.74, 6) is 0. The van der Waals surface area contributed by atoms with Gasteiger partial charge in [-0.25, -0.2) is 0 Å². The predicted molar refractivity (Wildman–Crippen MR) is 416 cm³/mol. The van der Waals surface area contributed by atoms with Gasteiger partial charge in [0, 0.05) is 85.3 Å². The van der Waals surface area contributed by atoms with Crippen LogP contribution in [0.4, 0.5) is 85.3 Å². The molecule has 98 heavy (non-hydrogen) atoms. The zero-order chi connectivity index (χ0) is 66.2. The van der Waals surface area contributed by atoms with Crippen molar-refractivity contribution in [3.8, 4) is 44.5 Å². The largest absolute Gasteiger partial charge is 0.311 e. The first kappa shape index (κ1) is 61.5. The Morgan fingerprint density at radius 2 is 0.276 bits per heavy atom. The van der Waals surface area contributed by atoms with Gasteiger partial charge in [-0.2, -0.15) is 0 Å². The van der Waals surface area contributed by atoms with Crippen LogP contribution >= 0.6 is 0 Å². The van der Waals surface area contributed by atoms with E-state index in [-0.39, 0.29) is 0 Å². The van der Waals surface area contributed by atoms with E-state index in [0.29, 0.717) is 0 Å². The molecule has 0 radical (unpaired) electrons. The van der Waals surface area contributed by atoms with Crippen LogP contribution in [0.2, 0.25) is 0 Å². The minimum Gasteiger partial charge on any atom is -0.311 e. The third-order valence-corrected chi connectivity index (χ3v) is 18.2. The number of para-hydroxylation sites is 4. The van der Waals surface area contributed by atoms with E-state index in [1.807, 2.05) is 0 Å². The first-order valence-corrected chi connectivity index (χ1v) is 33.5. The van der Waals surface area contributed by atoms with E-state index in [4.69, 9.17) is 0 Å². The molecule has 0 aliphatic heterocycles. The third-order valence-electron chi connectivity index (χ3n) is 18.2. The smallest absolute Gasteiger partial charge is 0.0464 e. The van der Waals surface area contributed by atoms with Gasteiger partial charge in [-0.15, -0.1) is 0 Å². The van der Waals surface area contributed by atoms with Gasteiger partial charge in [-0.1, -0.05) is 212 Å². The van der Waals surface area contributed by atoms with Crippen molar-refractivity contribution in [2.45, 2.75) is 20.8 Å². The molecule has 0 aliphatic carbocycles. The Hall–Kier alpha value is -12.7. The molecular weight excluding hydrogens is 1190 g/mol. The van der Waals surface area contributed by atoms with Crippen molar-refractivity contribution in [1.82, 2.24) is 0 Å². The molecule has 15 rings (SSSR count). The molecule has 0 amide bonds. The topological polar surface area (TPSA) is 16.2 Å². The summed E-state index contributed by atoms with van der Waals surface area (Å²) in [6, 6.07) is 140. The number of hydrogen-bond acceptors (Lipinski definition) is 5. The van der Waals surface area contributed by atoms with Crippen LogP contribution in [0, 0.1) is 20.8 Å². The molecule has 5 heteroatoms. The lowest BCUT2D eigenvalue weighted by atomic mass is 10.0. The fourth-order valence-electron chi connectivity index (χ4n) is 13.2. The van der Waals surface area contributed by atoms with Crippen molar-refractivity contribution >= 4 is 85.3 Å². The molecule has 0 saturated carbocycles. The zero-order valence-corrected chi connectivity index (χ0v) is 55.2. The van der Waals surface area contributed by atoms with E-state index in [2.05, 4.69) is 434 Å². The number of nitrogens with zero attached hydrogens (tertiary/aromatic N) is 5. The minimum absolute atomic E-state index is 1.07. The number of aryl methyl sites for hydroxylation is 3. The molecule has 0 bridgehead atoms. The van der Waals surface area contributed by atoms with Crippen LogP contribution in [-0.2, 0) is 0 Å². The molecule has 0 atom stereocenters. The van der Waals surface area contributed by atoms with Crippen molar-refractivity contribution < 1.29 is 0 Å². The zero-order valence-electron chi connectivity index (χ0n) is 55.2. The molecule has 0 aliphatic rings. The quantitative estimate of drug-likeness (QED) is 0.0800. The molecule has 0 heterocycles. The summed E-state index contributed by atoms with van der Waals surface area (Å²) < 4.78 is 0. The summed E-state index contributed by atoms with van der Waals surface area (Å²) in [7, 11) is 0. The number of hydrogen-bond donors (Lipinski definition) is 0. The average Bonchev–Trinajstić information content (AvgIpc) is 0.842. The van der Waals surface area contributed by atoms with Crippen LogP contribution in [0.5, 0.6) is 0 Å². The van der Waals surface area contributed by atoms with Gasteiger partial charge in [0.15, 0.2) is 0 Å². The molecule has 5 nitrogen and oxygen atoms in total. The lowest BCUT2D eigenvalue weighted by Crippen LogP contribution is -2.10. The van der Waals surface area contributed by atoms with E-state index in [1.165, 1.54) is 16.7 Å². The van der Waals surface area contributed by atoms with Crippen LogP contribution in [-0.4, -0.2) is 0 Å². The van der Waals surface area contributed by atoms with Crippen molar-refractivity contribution in [2.75, 3.05) is 24.5 Å². The maximum absolute atomic E-state index is 2.34. The first-order chi connectivity index (χ1) is 48.3. The van der Waals surface area contributed by atoms with Gasteiger partial charge in [-0.3, -0.25) is 0 Å². The summed E-state index contributed by atoms with van der Waals surface area (Å²) in [5.41, 5.74) is 29.4. The number of anilines is 15. The van der Waals surface area contributed by atoms with Gasteiger partial charge in [0.2, 0.25) is 0 Å². The Bertz CT molecular complexity index is 5090. The molecule has 0 unspecified atom stereocenters. The summed E-state index contributed by atoms with van der Waals surface area (Å²) in [4.78, 5) is 11.6. The lowest BCUT2D eigenvalue weighted by molar-refractivity contribution is 1.27. The second-order valence-corrected chi connectivity index (χ2v) is 24.9. The maximum Gasteiger partial charge on any atom is 0.0464 e. The molecule has 0 fully saturated rings. The molecule has 0 spiro atoms. The van der Waals surface area contributed by atoms with Crippen LogP contribution in [0.1, 0.15) is 16.7 Å². The molecular formula is C93H73N5. The van der Waals surface area contributed by atoms with Gasteiger partial charge in [-0.05, 0) is 258 Å². The molecule has 15 aromatic carbocycles. The summed E-state index contributed by atoms with van der Waals surface area (Å²) in [6.45, 7) is 6.42. The van der Waals surface area contributed by atoms with Crippen LogP contribution in [0.15, 0.2) is 388 Å². The Labute approximate surface area is 576 Å². The van der Waals surface area contributed by atoms with Crippen molar-refractivity contribution in [2.24, 2.45) is 0 Å². The van der Waals surface area contributed by atoms with Crippen LogP contribution < -0.4 is 24.5 Å². The Morgan fingerprint density at radius 1 is 0.122 bits per heavy atom. The second-order valence-electron chi connectivity index (χ2n) is 24.9. The first-order valence-electron chi connectivity index (χ1n) is 33.5. The maximum atomic E-state index is 2.34. The SMILES string of the molecule is Cc1ccc(N(c2ccc(-c3ccc(N(c4ccccc4)c4ccc(-c5ccc(N(c6ccccc6)c6ccc(-c7ccc(N(c8ccccc8)c8cccc(C)c8)cc7)cc6)cc5)cc4)cc3)cc2)c2ccc(-c3ccc(N(c4ccccc4)c4cccc(C)c4)cc3)cc2)cc1. The average molecular weight is 1260 g/mol. The highest BCUT2D eigenvalue weighted by Crippen LogP contribution is 2.43. The van der Waals surface area contributed by atoms with Gasteiger partial charge in [0.1, 0.15) is 0 Å². The fourth-order valence-corrected chi connectivity index (χ4v) is 13.2. The lowest BCUT2D eigenvalue weighted by Gasteiger charge is -2.27. The van der Waals surface area contributed by atoms with E-state index in [1.54, 1.807) is 0 Å². The number of rotatable bonds is 19. The molecule has 470 valence electrons. The number of benzene rings is 15. The molecule has 0 aromatic heterocycles. The molecule has 15 aromatic rings. The van der Waals surface area contributed by atoms with Crippen molar-refractivity contribution in [1.29, 1.82) is 0 Å². The van der Waals surface area contributed by atoms with E-state index in [0.717, 1.165) is 130 Å². The van der Waals surface area contributed by atoms with E-state index < -0.39 is 0 Å². The highest BCUT2D eigenvalue weighted by atomic mass is 15.2. The van der Waals surface area contributed by atoms with Crippen LogP contribution in [0.3, 0.4) is 0 Å². The Morgan fingerprint density at radius 3 is 0.459 bits per heavy atom.